The molecule has 1 aliphatic rings. The number of nitrogens with zero attached hydrogens (tertiary/aromatic N) is 2. The van der Waals surface area contributed by atoms with Crippen molar-refractivity contribution in [2.45, 2.75) is 24.3 Å². The molecule has 33 heavy (non-hydrogen) atoms. The zero-order chi connectivity index (χ0) is 23.4. The van der Waals surface area contributed by atoms with Gasteiger partial charge < -0.3 is 9.64 Å². The maximum absolute atomic E-state index is 13.3. The highest BCUT2D eigenvalue weighted by molar-refractivity contribution is 7.92. The first-order chi connectivity index (χ1) is 15.9. The predicted molar refractivity (Wildman–Crippen MR) is 129 cm³/mol. The fourth-order valence-corrected chi connectivity index (χ4v) is 5.70. The van der Waals surface area contributed by atoms with Crippen molar-refractivity contribution < 1.29 is 17.9 Å². The monoisotopic (exact) mass is 484 g/mol. The van der Waals surface area contributed by atoms with Crippen molar-refractivity contribution in [3.8, 4) is 5.75 Å². The molecule has 0 atom stereocenters. The number of rotatable bonds is 7. The Hall–Kier alpha value is -3.03. The van der Waals surface area contributed by atoms with E-state index in [9.17, 15) is 13.2 Å². The summed E-state index contributed by atoms with van der Waals surface area (Å²) in [6, 6.07) is 21.5. The first kappa shape index (κ1) is 23.1. The summed E-state index contributed by atoms with van der Waals surface area (Å²) < 4.78 is 33.6. The summed E-state index contributed by atoms with van der Waals surface area (Å²) >= 11 is 6.33. The van der Waals surface area contributed by atoms with Crippen molar-refractivity contribution in [2.75, 3.05) is 24.5 Å². The Morgan fingerprint density at radius 2 is 1.79 bits per heavy atom. The third-order valence-electron chi connectivity index (χ3n) is 5.60. The smallest absolute Gasteiger partial charge is 0.264 e. The number of amides is 1. The lowest BCUT2D eigenvalue weighted by Crippen LogP contribution is -2.35. The second-order valence-electron chi connectivity index (χ2n) is 7.93. The van der Waals surface area contributed by atoms with Gasteiger partial charge in [0.1, 0.15) is 5.75 Å². The molecule has 0 aromatic heterocycles. The number of fused-ring (bicyclic) bond motifs is 1. The lowest BCUT2D eigenvalue weighted by Gasteiger charge is -2.30. The van der Waals surface area contributed by atoms with Crippen molar-refractivity contribution in [3.05, 3.63) is 88.9 Å². The molecule has 0 N–H and O–H groups in total. The fourth-order valence-electron chi connectivity index (χ4n) is 3.83. The zero-order valence-electron chi connectivity index (χ0n) is 18.3. The molecule has 3 aromatic rings. The number of likely N-dealkylation sites (N-methyl/N-ethyl adjacent to an activating group) is 1. The summed E-state index contributed by atoms with van der Waals surface area (Å²) in [6.45, 7) is 0.678. The maximum Gasteiger partial charge on any atom is 0.264 e. The number of aryl methyl sites for hydroxylation is 1. The van der Waals surface area contributed by atoms with Crippen LogP contribution >= 0.6 is 11.6 Å². The molecule has 0 saturated heterocycles. The number of benzene rings is 3. The van der Waals surface area contributed by atoms with E-state index in [0.29, 0.717) is 18.8 Å². The van der Waals surface area contributed by atoms with Crippen LogP contribution in [0.3, 0.4) is 0 Å². The molecule has 0 radical (unpaired) electrons. The van der Waals surface area contributed by atoms with Gasteiger partial charge in [0.2, 0.25) is 0 Å². The molecule has 172 valence electrons. The summed E-state index contributed by atoms with van der Waals surface area (Å²) in [5, 5.41) is 0.139. The second-order valence-corrected chi connectivity index (χ2v) is 10.2. The fraction of sp³-hybridized carbons (Fsp3) is 0.240. The van der Waals surface area contributed by atoms with E-state index in [1.165, 1.54) is 22.5 Å². The van der Waals surface area contributed by atoms with Crippen molar-refractivity contribution in [2.24, 2.45) is 0 Å². The van der Waals surface area contributed by atoms with Crippen LogP contribution in [-0.2, 0) is 27.8 Å². The molecule has 0 saturated carbocycles. The average Bonchev–Trinajstić information content (AvgIpc) is 2.83. The van der Waals surface area contributed by atoms with E-state index in [-0.39, 0.29) is 28.2 Å². The minimum absolute atomic E-state index is 0.0871. The molecule has 0 unspecified atom stereocenters. The van der Waals surface area contributed by atoms with Crippen LogP contribution in [0.4, 0.5) is 5.69 Å². The van der Waals surface area contributed by atoms with E-state index in [4.69, 9.17) is 16.3 Å². The minimum atomic E-state index is -3.78. The summed E-state index contributed by atoms with van der Waals surface area (Å²) in [7, 11) is -2.08. The number of anilines is 1. The topological polar surface area (TPSA) is 66.9 Å². The minimum Gasteiger partial charge on any atom is -0.482 e. The van der Waals surface area contributed by atoms with Gasteiger partial charge in [0.25, 0.3) is 15.9 Å². The largest absolute Gasteiger partial charge is 0.482 e. The zero-order valence-corrected chi connectivity index (χ0v) is 19.8. The van der Waals surface area contributed by atoms with Crippen LogP contribution in [0.15, 0.2) is 77.7 Å². The molecule has 6 nitrogen and oxygen atoms in total. The molecule has 0 spiro atoms. The SMILES string of the molecule is CN(Cc1ccccc1)C(=O)COc1ccc(S(=O)(=O)N2CCCc3ccccc32)cc1Cl. The Morgan fingerprint density at radius 3 is 2.55 bits per heavy atom. The lowest BCUT2D eigenvalue weighted by atomic mass is 10.0. The highest BCUT2D eigenvalue weighted by Gasteiger charge is 2.29. The molecular formula is C25H25ClN2O4S. The molecule has 1 amide bonds. The first-order valence-electron chi connectivity index (χ1n) is 10.7. The normalized spacial score (nSPS) is 13.3. The lowest BCUT2D eigenvalue weighted by molar-refractivity contribution is -0.132. The van der Waals surface area contributed by atoms with E-state index >= 15 is 0 Å². The Morgan fingerprint density at radius 1 is 1.06 bits per heavy atom. The highest BCUT2D eigenvalue weighted by Crippen LogP contribution is 2.34. The molecular weight excluding hydrogens is 460 g/mol. The van der Waals surface area contributed by atoms with Crippen molar-refractivity contribution in [3.63, 3.8) is 0 Å². The molecule has 0 bridgehead atoms. The van der Waals surface area contributed by atoms with Crippen molar-refractivity contribution >= 4 is 33.2 Å². The highest BCUT2D eigenvalue weighted by atomic mass is 35.5. The quantitative estimate of drug-likeness (QED) is 0.494. The van der Waals surface area contributed by atoms with Gasteiger partial charge in [0.05, 0.1) is 15.6 Å². The van der Waals surface area contributed by atoms with Crippen LogP contribution in [0.25, 0.3) is 0 Å². The van der Waals surface area contributed by atoms with Gasteiger partial charge in [0.15, 0.2) is 6.61 Å². The Kier molecular flexibility index (Phi) is 6.91. The number of ether oxygens (including phenoxy) is 1. The predicted octanol–water partition coefficient (Wildman–Crippen LogP) is 4.52. The number of halogens is 1. The summed E-state index contributed by atoms with van der Waals surface area (Å²) in [5.74, 6) is 0.0488. The number of sulfonamides is 1. The van der Waals surface area contributed by atoms with Gasteiger partial charge in [-0.2, -0.15) is 0 Å². The van der Waals surface area contributed by atoms with Gasteiger partial charge in [-0.05, 0) is 48.2 Å². The Bertz CT molecular complexity index is 1250. The average molecular weight is 485 g/mol. The molecule has 8 heteroatoms. The standard InChI is InChI=1S/C25H25ClN2O4S/c1-27(17-19-8-3-2-4-9-19)25(29)18-32-24-14-13-21(16-22(24)26)33(30,31)28-15-7-11-20-10-5-6-12-23(20)28/h2-6,8-10,12-14,16H,7,11,15,17-18H2,1H3. The van der Waals surface area contributed by atoms with Gasteiger partial charge in [-0.1, -0.05) is 60.1 Å². The number of hydrogen-bond acceptors (Lipinski definition) is 4. The van der Waals surface area contributed by atoms with Crippen LogP contribution < -0.4 is 9.04 Å². The molecule has 0 fully saturated rings. The molecule has 0 aliphatic carbocycles. The molecule has 4 rings (SSSR count). The number of hydrogen-bond donors (Lipinski definition) is 0. The van der Waals surface area contributed by atoms with Gasteiger partial charge >= 0.3 is 0 Å². The van der Waals surface area contributed by atoms with Crippen LogP contribution in [0.2, 0.25) is 5.02 Å². The number of para-hydroxylation sites is 1. The van der Waals surface area contributed by atoms with E-state index in [1.807, 2.05) is 54.6 Å². The summed E-state index contributed by atoms with van der Waals surface area (Å²) in [5.41, 5.74) is 2.73. The van der Waals surface area contributed by atoms with E-state index in [2.05, 4.69) is 0 Å². The van der Waals surface area contributed by atoms with Crippen LogP contribution in [0, 0.1) is 0 Å². The second kappa shape index (κ2) is 9.85. The van der Waals surface area contributed by atoms with E-state index < -0.39 is 10.0 Å². The third-order valence-corrected chi connectivity index (χ3v) is 7.70. The summed E-state index contributed by atoms with van der Waals surface area (Å²) in [6.07, 6.45) is 1.60. The van der Waals surface area contributed by atoms with Gasteiger partial charge in [-0.15, -0.1) is 0 Å². The van der Waals surface area contributed by atoms with Crippen LogP contribution in [-0.4, -0.2) is 39.4 Å². The van der Waals surface area contributed by atoms with Crippen molar-refractivity contribution in [1.82, 2.24) is 4.90 Å². The number of carbonyl (C=O) groups excluding carboxylic acids is 1. The van der Waals surface area contributed by atoms with E-state index in [1.54, 1.807) is 11.9 Å². The third kappa shape index (κ3) is 5.15. The van der Waals surface area contributed by atoms with Gasteiger partial charge in [0, 0.05) is 20.1 Å². The Labute approximate surface area is 199 Å². The van der Waals surface area contributed by atoms with Gasteiger partial charge in [-0.25, -0.2) is 8.42 Å². The van der Waals surface area contributed by atoms with Crippen LogP contribution in [0.1, 0.15) is 17.5 Å². The summed E-state index contributed by atoms with van der Waals surface area (Å²) in [4.78, 5) is 14.1. The molecule has 3 aromatic carbocycles. The molecule has 1 heterocycles. The van der Waals surface area contributed by atoms with Crippen molar-refractivity contribution in [1.29, 1.82) is 0 Å². The number of carbonyl (C=O) groups is 1. The van der Waals surface area contributed by atoms with Gasteiger partial charge in [-0.3, -0.25) is 9.10 Å². The molecule has 1 aliphatic heterocycles. The van der Waals surface area contributed by atoms with E-state index in [0.717, 1.165) is 24.0 Å². The Balaban J connectivity index is 1.44. The van der Waals surface area contributed by atoms with Crippen LogP contribution in [0.5, 0.6) is 5.75 Å². The first-order valence-corrected chi connectivity index (χ1v) is 12.5. The maximum atomic E-state index is 13.3.